The molecule has 12 heavy (non-hydrogen) atoms. The van der Waals surface area contributed by atoms with E-state index in [0.717, 1.165) is 12.3 Å². The Labute approximate surface area is 80.2 Å². The summed E-state index contributed by atoms with van der Waals surface area (Å²) in [5.74, 6) is 0.603. The van der Waals surface area contributed by atoms with Crippen LogP contribution in [-0.4, -0.2) is 18.0 Å². The van der Waals surface area contributed by atoms with Crippen molar-refractivity contribution in [2.24, 2.45) is 0 Å². The molecule has 0 fully saturated rings. The fourth-order valence-corrected chi connectivity index (χ4v) is 0.733. The van der Waals surface area contributed by atoms with Crippen molar-refractivity contribution in [3.8, 4) is 0 Å². The van der Waals surface area contributed by atoms with Gasteiger partial charge in [0.2, 0.25) is 0 Å². The van der Waals surface area contributed by atoms with Crippen molar-refractivity contribution < 1.29 is 9.53 Å². The van der Waals surface area contributed by atoms with Gasteiger partial charge in [-0.25, -0.2) is 0 Å². The highest BCUT2D eigenvalue weighted by atomic mass is 35.5. The minimum Gasteiger partial charge on any atom is -0.463 e. The highest BCUT2D eigenvalue weighted by Gasteiger charge is 1.93. The minimum absolute atomic E-state index is 0.0255. The van der Waals surface area contributed by atoms with Crippen LogP contribution in [0.4, 0.5) is 0 Å². The molecule has 0 bridgehead atoms. The van der Waals surface area contributed by atoms with Gasteiger partial charge in [-0.1, -0.05) is 13.3 Å². The summed E-state index contributed by atoms with van der Waals surface area (Å²) in [4.78, 5) is 10.0. The second-order valence-corrected chi connectivity index (χ2v) is 3.08. The van der Waals surface area contributed by atoms with Crippen LogP contribution in [0.25, 0.3) is 0 Å². The van der Waals surface area contributed by atoms with E-state index in [2.05, 4.69) is 11.7 Å². The van der Waals surface area contributed by atoms with Gasteiger partial charge in [-0.3, -0.25) is 4.79 Å². The monoisotopic (exact) mass is 194 g/mol. The second kappa shape index (κ2) is 10.8. The Balaban J connectivity index is 0. The Morgan fingerprint density at radius 3 is 2.00 bits per heavy atom. The summed E-state index contributed by atoms with van der Waals surface area (Å²) in [6.45, 7) is 7.17. The first kappa shape index (κ1) is 14.3. The molecule has 2 nitrogen and oxygen atoms in total. The van der Waals surface area contributed by atoms with Gasteiger partial charge in [-0.15, -0.1) is 11.6 Å². The maximum atomic E-state index is 10.0. The molecule has 0 unspecified atom stereocenters. The molecule has 0 aromatic carbocycles. The molecule has 0 saturated heterocycles. The molecule has 0 heterocycles. The van der Waals surface area contributed by atoms with Crippen molar-refractivity contribution in [3.05, 3.63) is 0 Å². The Morgan fingerprint density at radius 1 is 1.50 bits per heavy atom. The summed E-state index contributed by atoms with van der Waals surface area (Å²) >= 11 is 5.30. The van der Waals surface area contributed by atoms with Gasteiger partial charge in [0.05, 0.1) is 6.10 Å². The van der Waals surface area contributed by atoms with Crippen molar-refractivity contribution in [1.29, 1.82) is 0 Å². The van der Waals surface area contributed by atoms with Gasteiger partial charge in [0, 0.05) is 12.8 Å². The average Bonchev–Trinajstić information content (AvgIpc) is 1.87. The number of alkyl halides is 1. The number of ether oxygens (including phenoxy) is 1. The number of esters is 1. The number of carbonyl (C=O) groups excluding carboxylic acids is 1. The third-order valence-corrected chi connectivity index (χ3v) is 1.16. The average molecular weight is 195 g/mol. The van der Waals surface area contributed by atoms with Gasteiger partial charge < -0.3 is 4.74 Å². The number of unbranched alkanes of at least 4 members (excludes halogenated alkanes) is 1. The fraction of sp³-hybridized carbons (Fsp3) is 0.889. The zero-order chi connectivity index (χ0) is 9.98. The molecular formula is C9H19ClO2. The normalized spacial score (nSPS) is 8.83. The number of rotatable bonds is 3. The molecule has 0 aliphatic carbocycles. The Bertz CT molecular complexity index is 101. The van der Waals surface area contributed by atoms with E-state index in [0.29, 0.717) is 0 Å². The molecule has 3 heteroatoms. The van der Waals surface area contributed by atoms with Crippen molar-refractivity contribution in [2.75, 3.05) is 5.88 Å². The van der Waals surface area contributed by atoms with Crippen molar-refractivity contribution in [3.63, 3.8) is 0 Å². The van der Waals surface area contributed by atoms with Crippen LogP contribution in [0.1, 0.15) is 40.5 Å². The van der Waals surface area contributed by atoms with Gasteiger partial charge in [-0.2, -0.15) is 0 Å². The third-order valence-electron chi connectivity index (χ3n) is 0.889. The zero-order valence-electron chi connectivity index (χ0n) is 8.39. The first-order valence-electron chi connectivity index (χ1n) is 4.27. The number of hydrogen-bond acceptors (Lipinski definition) is 2. The molecule has 0 saturated carbocycles. The molecule has 0 aliphatic rings. The van der Waals surface area contributed by atoms with Gasteiger partial charge in [0.1, 0.15) is 0 Å². The lowest BCUT2D eigenvalue weighted by molar-refractivity contribution is -0.144. The van der Waals surface area contributed by atoms with Crippen LogP contribution >= 0.6 is 11.6 Å². The molecule has 0 aromatic heterocycles. The Morgan fingerprint density at radius 2 is 2.00 bits per heavy atom. The molecule has 0 radical (unpaired) electrons. The molecule has 74 valence electrons. The van der Waals surface area contributed by atoms with Crippen molar-refractivity contribution in [2.45, 2.75) is 46.6 Å². The molecule has 0 aromatic rings. The highest BCUT2D eigenvalue weighted by molar-refractivity contribution is 6.17. The van der Waals surface area contributed by atoms with Crippen LogP contribution in [0.5, 0.6) is 0 Å². The summed E-state index contributed by atoms with van der Waals surface area (Å²) in [5.41, 5.74) is 0. The van der Waals surface area contributed by atoms with E-state index >= 15 is 0 Å². The van der Waals surface area contributed by atoms with Crippen LogP contribution in [0.15, 0.2) is 0 Å². The van der Waals surface area contributed by atoms with Crippen LogP contribution in [0.2, 0.25) is 0 Å². The van der Waals surface area contributed by atoms with Gasteiger partial charge in [-0.05, 0) is 20.3 Å². The van der Waals surface area contributed by atoms with E-state index in [9.17, 15) is 4.79 Å². The Hall–Kier alpha value is -0.240. The topological polar surface area (TPSA) is 26.3 Å². The summed E-state index contributed by atoms with van der Waals surface area (Å²) in [5, 5.41) is 0. The number of hydrogen-bond donors (Lipinski definition) is 0. The molecular weight excluding hydrogens is 176 g/mol. The summed E-state index contributed by atoms with van der Waals surface area (Å²) in [6, 6.07) is 0. The van der Waals surface area contributed by atoms with Crippen LogP contribution in [0, 0.1) is 0 Å². The second-order valence-electron chi connectivity index (χ2n) is 2.70. The summed E-state index contributed by atoms with van der Waals surface area (Å²) in [6.07, 6.45) is 2.39. The SMILES string of the molecule is CC(=O)OC(C)C.CCCCCl. The molecule has 0 atom stereocenters. The highest BCUT2D eigenvalue weighted by Crippen LogP contribution is 1.86. The maximum absolute atomic E-state index is 10.0. The van der Waals surface area contributed by atoms with Gasteiger partial charge >= 0.3 is 5.97 Å². The molecule has 0 rings (SSSR count). The number of halogens is 1. The fourth-order valence-electron chi connectivity index (χ4n) is 0.466. The van der Waals surface area contributed by atoms with E-state index in [1.807, 2.05) is 13.8 Å². The number of carbonyl (C=O) groups is 1. The lowest BCUT2D eigenvalue weighted by Gasteiger charge is -2.01. The lowest BCUT2D eigenvalue weighted by atomic mass is 10.4. The zero-order valence-corrected chi connectivity index (χ0v) is 9.15. The molecule has 0 aliphatic heterocycles. The Kier molecular flexibility index (Phi) is 12.8. The van der Waals surface area contributed by atoms with E-state index in [-0.39, 0.29) is 12.1 Å². The standard InChI is InChI=1S/C5H10O2.C4H9Cl/c1-4(2)7-5(3)6;1-2-3-4-5/h4H,1-3H3;2-4H2,1H3. The first-order chi connectivity index (χ1) is 5.54. The quantitative estimate of drug-likeness (QED) is 0.510. The van der Waals surface area contributed by atoms with E-state index < -0.39 is 0 Å². The van der Waals surface area contributed by atoms with Crippen LogP contribution in [-0.2, 0) is 9.53 Å². The predicted molar refractivity (Wildman–Crippen MR) is 52.5 cm³/mol. The maximum Gasteiger partial charge on any atom is 0.302 e. The largest absolute Gasteiger partial charge is 0.463 e. The predicted octanol–water partition coefficient (Wildman–Crippen LogP) is 2.98. The third kappa shape index (κ3) is 22.6. The van der Waals surface area contributed by atoms with Crippen molar-refractivity contribution >= 4 is 17.6 Å². The van der Waals surface area contributed by atoms with E-state index in [1.54, 1.807) is 0 Å². The molecule has 0 spiro atoms. The van der Waals surface area contributed by atoms with Crippen LogP contribution in [0.3, 0.4) is 0 Å². The van der Waals surface area contributed by atoms with Gasteiger partial charge in [0.25, 0.3) is 0 Å². The minimum atomic E-state index is -0.213. The lowest BCUT2D eigenvalue weighted by Crippen LogP contribution is -2.06. The van der Waals surface area contributed by atoms with Gasteiger partial charge in [0.15, 0.2) is 0 Å². The van der Waals surface area contributed by atoms with E-state index in [4.69, 9.17) is 11.6 Å². The molecule has 0 N–H and O–H groups in total. The van der Waals surface area contributed by atoms with E-state index in [1.165, 1.54) is 13.3 Å². The summed E-state index contributed by atoms with van der Waals surface area (Å²) in [7, 11) is 0. The first-order valence-corrected chi connectivity index (χ1v) is 4.81. The summed E-state index contributed by atoms with van der Waals surface area (Å²) < 4.78 is 4.61. The van der Waals surface area contributed by atoms with Crippen LogP contribution < -0.4 is 0 Å². The van der Waals surface area contributed by atoms with Crippen molar-refractivity contribution in [1.82, 2.24) is 0 Å². The smallest absolute Gasteiger partial charge is 0.302 e. The molecule has 0 amide bonds.